The molecule has 0 aliphatic carbocycles. The van der Waals surface area contributed by atoms with E-state index < -0.39 is 10.0 Å². The Kier molecular flexibility index (Phi) is 3.59. The summed E-state index contributed by atoms with van der Waals surface area (Å²) in [4.78, 5) is 3.89. The van der Waals surface area contributed by atoms with Crippen LogP contribution in [0, 0.1) is 0 Å². The van der Waals surface area contributed by atoms with Gasteiger partial charge in [-0.05, 0) is 29.8 Å². The molecular formula is C12H12N2O3S. The SMILES string of the molecule is O=S(=O)(NCc1ccc(O)cc1)c1cccnc1. The minimum atomic E-state index is -3.54. The number of hydrogen-bond acceptors (Lipinski definition) is 4. The fourth-order valence-corrected chi connectivity index (χ4v) is 2.36. The van der Waals surface area contributed by atoms with Gasteiger partial charge in [0.25, 0.3) is 0 Å². The molecule has 0 atom stereocenters. The van der Waals surface area contributed by atoms with Gasteiger partial charge in [0.05, 0.1) is 0 Å². The standard InChI is InChI=1S/C12H12N2O3S/c15-11-5-3-10(4-6-11)8-14-18(16,17)12-2-1-7-13-9-12/h1-7,9,14-15H,8H2. The van der Waals surface area contributed by atoms with Crippen LogP contribution in [0.2, 0.25) is 0 Å². The number of nitrogens with zero attached hydrogens (tertiary/aromatic N) is 1. The molecular weight excluding hydrogens is 252 g/mol. The minimum Gasteiger partial charge on any atom is -0.508 e. The predicted octanol–water partition coefficient (Wildman–Crippen LogP) is 1.27. The second kappa shape index (κ2) is 5.16. The second-order valence-electron chi connectivity index (χ2n) is 3.68. The highest BCUT2D eigenvalue weighted by Crippen LogP contribution is 2.11. The largest absolute Gasteiger partial charge is 0.508 e. The van der Waals surface area contributed by atoms with Gasteiger partial charge in [-0.3, -0.25) is 4.98 Å². The maximum Gasteiger partial charge on any atom is 0.242 e. The van der Waals surface area contributed by atoms with Gasteiger partial charge in [-0.2, -0.15) is 0 Å². The van der Waals surface area contributed by atoms with Gasteiger partial charge in [-0.15, -0.1) is 0 Å². The van der Waals surface area contributed by atoms with Crippen molar-refractivity contribution in [3.8, 4) is 5.75 Å². The summed E-state index contributed by atoms with van der Waals surface area (Å²) in [6.45, 7) is 0.164. The highest BCUT2D eigenvalue weighted by atomic mass is 32.2. The van der Waals surface area contributed by atoms with E-state index in [-0.39, 0.29) is 17.2 Å². The number of nitrogens with one attached hydrogen (secondary N) is 1. The van der Waals surface area contributed by atoms with Gasteiger partial charge in [0.15, 0.2) is 0 Å². The van der Waals surface area contributed by atoms with Crippen molar-refractivity contribution in [3.63, 3.8) is 0 Å². The third kappa shape index (κ3) is 3.06. The quantitative estimate of drug-likeness (QED) is 0.871. The molecule has 0 spiro atoms. The molecule has 0 bridgehead atoms. The molecule has 1 aromatic heterocycles. The number of aromatic nitrogens is 1. The topological polar surface area (TPSA) is 79.3 Å². The number of phenols is 1. The Bertz CT molecular complexity index is 610. The number of rotatable bonds is 4. The molecule has 94 valence electrons. The van der Waals surface area contributed by atoms with Crippen LogP contribution in [-0.4, -0.2) is 18.5 Å². The highest BCUT2D eigenvalue weighted by molar-refractivity contribution is 7.89. The molecule has 5 nitrogen and oxygen atoms in total. The molecule has 0 aliphatic rings. The molecule has 0 amide bonds. The third-order valence-electron chi connectivity index (χ3n) is 2.35. The van der Waals surface area contributed by atoms with Crippen LogP contribution in [0.4, 0.5) is 0 Å². The number of phenolic OH excluding ortho intramolecular Hbond substituents is 1. The molecule has 0 saturated carbocycles. The van der Waals surface area contributed by atoms with Crippen molar-refractivity contribution in [1.82, 2.24) is 9.71 Å². The average Bonchev–Trinajstić information content (AvgIpc) is 2.39. The summed E-state index contributed by atoms with van der Waals surface area (Å²) in [5.41, 5.74) is 0.764. The molecule has 18 heavy (non-hydrogen) atoms. The number of pyridine rings is 1. The minimum absolute atomic E-state index is 0.128. The van der Waals surface area contributed by atoms with Gasteiger partial charge in [0, 0.05) is 18.9 Å². The van der Waals surface area contributed by atoms with Gasteiger partial charge in [-0.1, -0.05) is 12.1 Å². The van der Waals surface area contributed by atoms with Crippen LogP contribution >= 0.6 is 0 Å². The zero-order valence-corrected chi connectivity index (χ0v) is 10.3. The van der Waals surface area contributed by atoms with Crippen molar-refractivity contribution in [2.45, 2.75) is 11.4 Å². The summed E-state index contributed by atoms with van der Waals surface area (Å²) >= 11 is 0. The normalized spacial score (nSPS) is 11.3. The second-order valence-corrected chi connectivity index (χ2v) is 5.45. The van der Waals surface area contributed by atoms with Crippen LogP contribution in [0.1, 0.15) is 5.56 Å². The van der Waals surface area contributed by atoms with Crippen LogP contribution < -0.4 is 4.72 Å². The van der Waals surface area contributed by atoms with Crippen LogP contribution in [0.25, 0.3) is 0 Å². The molecule has 0 aliphatic heterocycles. The molecule has 2 aromatic rings. The molecule has 0 fully saturated rings. The Hall–Kier alpha value is -1.92. The first-order valence-electron chi connectivity index (χ1n) is 5.25. The first-order chi connectivity index (χ1) is 8.58. The zero-order valence-electron chi connectivity index (χ0n) is 9.45. The molecule has 2 N–H and O–H groups in total. The molecule has 0 unspecified atom stereocenters. The van der Waals surface area contributed by atoms with Crippen molar-refractivity contribution in [2.24, 2.45) is 0 Å². The van der Waals surface area contributed by atoms with E-state index in [4.69, 9.17) is 5.11 Å². The Morgan fingerprint density at radius 1 is 1.17 bits per heavy atom. The van der Waals surface area contributed by atoms with Gasteiger partial charge in [0.2, 0.25) is 10.0 Å². The number of benzene rings is 1. The van der Waals surface area contributed by atoms with Crippen molar-refractivity contribution >= 4 is 10.0 Å². The van der Waals surface area contributed by atoms with Gasteiger partial charge < -0.3 is 5.11 Å². The summed E-state index contributed by atoms with van der Waals surface area (Å²) in [5.74, 6) is 0.147. The lowest BCUT2D eigenvalue weighted by molar-refractivity contribution is 0.475. The Morgan fingerprint density at radius 3 is 2.50 bits per heavy atom. The van der Waals surface area contributed by atoms with Gasteiger partial charge in [0.1, 0.15) is 10.6 Å². The maximum atomic E-state index is 11.9. The third-order valence-corrected chi connectivity index (χ3v) is 3.73. The number of hydrogen-bond donors (Lipinski definition) is 2. The van der Waals surface area contributed by atoms with Crippen LogP contribution in [-0.2, 0) is 16.6 Å². The Labute approximate surface area is 105 Å². The summed E-state index contributed by atoms with van der Waals surface area (Å²) in [6.07, 6.45) is 2.80. The van der Waals surface area contributed by atoms with Crippen molar-refractivity contribution in [1.29, 1.82) is 0 Å². The van der Waals surface area contributed by atoms with Crippen molar-refractivity contribution in [2.75, 3.05) is 0 Å². The first-order valence-corrected chi connectivity index (χ1v) is 6.74. The summed E-state index contributed by atoms with van der Waals surface area (Å²) < 4.78 is 26.2. The fraction of sp³-hybridized carbons (Fsp3) is 0.0833. The molecule has 0 radical (unpaired) electrons. The lowest BCUT2D eigenvalue weighted by atomic mass is 10.2. The smallest absolute Gasteiger partial charge is 0.242 e. The van der Waals surface area contributed by atoms with Crippen LogP contribution in [0.5, 0.6) is 5.75 Å². The molecule has 2 rings (SSSR count). The van der Waals surface area contributed by atoms with Crippen molar-refractivity contribution in [3.05, 3.63) is 54.4 Å². The maximum absolute atomic E-state index is 11.9. The van der Waals surface area contributed by atoms with E-state index in [0.29, 0.717) is 0 Å². The fourth-order valence-electron chi connectivity index (χ4n) is 1.38. The molecule has 1 heterocycles. The van der Waals surface area contributed by atoms with E-state index in [9.17, 15) is 8.42 Å². The zero-order chi connectivity index (χ0) is 13.0. The average molecular weight is 264 g/mol. The first kappa shape index (κ1) is 12.5. The number of aromatic hydroxyl groups is 1. The Balaban J connectivity index is 2.08. The van der Waals surface area contributed by atoms with E-state index in [1.165, 1.54) is 30.6 Å². The van der Waals surface area contributed by atoms with Gasteiger partial charge in [-0.25, -0.2) is 13.1 Å². The summed E-state index contributed by atoms with van der Waals surface area (Å²) in [7, 11) is -3.54. The van der Waals surface area contributed by atoms with Crippen molar-refractivity contribution < 1.29 is 13.5 Å². The van der Waals surface area contributed by atoms with Gasteiger partial charge >= 0.3 is 0 Å². The van der Waals surface area contributed by atoms with Crippen LogP contribution in [0.3, 0.4) is 0 Å². The molecule has 1 aromatic carbocycles. The van der Waals surface area contributed by atoms with E-state index in [1.807, 2.05) is 0 Å². The van der Waals surface area contributed by atoms with E-state index >= 15 is 0 Å². The van der Waals surface area contributed by atoms with E-state index in [2.05, 4.69) is 9.71 Å². The summed E-state index contributed by atoms with van der Waals surface area (Å²) in [5, 5.41) is 9.12. The van der Waals surface area contributed by atoms with E-state index in [0.717, 1.165) is 5.56 Å². The Morgan fingerprint density at radius 2 is 1.89 bits per heavy atom. The monoisotopic (exact) mass is 264 g/mol. The number of sulfonamides is 1. The lowest BCUT2D eigenvalue weighted by Gasteiger charge is -2.06. The van der Waals surface area contributed by atoms with E-state index in [1.54, 1.807) is 18.2 Å². The molecule has 0 saturated heterocycles. The van der Waals surface area contributed by atoms with Crippen LogP contribution in [0.15, 0.2) is 53.7 Å². The molecule has 6 heteroatoms. The summed E-state index contributed by atoms with van der Waals surface area (Å²) in [6, 6.07) is 9.37. The predicted molar refractivity (Wildman–Crippen MR) is 66.4 cm³/mol. The lowest BCUT2D eigenvalue weighted by Crippen LogP contribution is -2.23. The highest BCUT2D eigenvalue weighted by Gasteiger charge is 2.13.